The number of carbonyl (C=O) groups excluding carboxylic acids is 1. The molecule has 4 aliphatic rings. The number of hydrogen-bond donors (Lipinski definition) is 2. The summed E-state index contributed by atoms with van der Waals surface area (Å²) in [7, 11) is -3.00. The minimum atomic E-state index is -5.89. The Kier molecular flexibility index (Phi) is 5.89. The number of benzene rings is 1. The minimum absolute atomic E-state index is 0.0209. The van der Waals surface area contributed by atoms with E-state index in [0.717, 1.165) is 16.7 Å². The monoisotopic (exact) mass is 543 g/mol. The molecule has 10 heteroatoms. The fourth-order valence-electron chi connectivity index (χ4n) is 7.67. The lowest BCUT2D eigenvalue weighted by atomic mass is 9.50. The van der Waals surface area contributed by atoms with Crippen LogP contribution in [-0.2, 0) is 14.5 Å². The fourth-order valence-corrected chi connectivity index (χ4v) is 8.33. The van der Waals surface area contributed by atoms with Crippen LogP contribution in [0.25, 0.3) is 0 Å². The van der Waals surface area contributed by atoms with E-state index in [1.165, 1.54) is 25.3 Å². The van der Waals surface area contributed by atoms with Crippen LogP contribution in [-0.4, -0.2) is 39.1 Å². The third-order valence-corrected chi connectivity index (χ3v) is 10.7. The second-order valence-electron chi connectivity index (χ2n) is 11.4. The highest BCUT2D eigenvalue weighted by Crippen LogP contribution is 2.70. The molecule has 5 rings (SSSR count). The lowest BCUT2D eigenvalue weighted by Crippen LogP contribution is -2.65. The van der Waals surface area contributed by atoms with Gasteiger partial charge in [0.05, 0.1) is 9.73 Å². The smallest absolute Gasteiger partial charge is 0.383 e. The lowest BCUT2D eigenvalue weighted by molar-refractivity contribution is -0.362. The van der Waals surface area contributed by atoms with Gasteiger partial charge in [-0.15, -0.1) is 0 Å². The molecule has 2 unspecified atom stereocenters. The Morgan fingerprint density at radius 1 is 1.05 bits per heavy atom. The number of ketones is 1. The molecule has 0 aromatic heterocycles. The van der Waals surface area contributed by atoms with Gasteiger partial charge in [0.1, 0.15) is 5.60 Å². The molecule has 0 radical (unpaired) electrons. The highest BCUT2D eigenvalue weighted by molar-refractivity contribution is 7.91. The number of rotatable bonds is 3. The molecule has 0 amide bonds. The van der Waals surface area contributed by atoms with Gasteiger partial charge in [0, 0.05) is 28.9 Å². The predicted molar refractivity (Wildman–Crippen MR) is 128 cm³/mol. The number of carbonyl (C=O) groups is 1. The maximum absolute atomic E-state index is 15.0. The topological polar surface area (TPSA) is 78.2 Å². The second kappa shape index (κ2) is 8.21. The summed E-state index contributed by atoms with van der Waals surface area (Å²) in [5.74, 6) is -6.68. The Labute approximate surface area is 213 Å². The van der Waals surface area contributed by atoms with Crippen molar-refractivity contribution in [3.05, 3.63) is 52.6 Å². The molecule has 0 saturated heterocycles. The lowest BCUT2D eigenvalue weighted by Gasteiger charge is -2.56. The SMILES string of the molecule is C[C@]12C[C@H](c3ccc([S@](C)(=N)=O)cc3)C3=C4CCC(=O)C=C4CCC3C1CC[C@@]2(O)C(F)(F)C(F)(F)F. The standard InChI is InChI=1S/C27H30F5NO3S/c1-24-14-21(15-3-7-18(8-4-15)37(2,33)36)23-19-10-6-17(34)13-16(19)5-9-20(23)22(24)11-12-25(24,35)26(28,29)27(30,31)32/h3-4,7-8,13,20-22,33,35H,5-6,9-12,14H2,1-2H3/t20?,21-,22?,24+,25+,37-/m1/s1. The Bertz CT molecular complexity index is 1310. The first-order chi connectivity index (χ1) is 17.0. The Balaban J connectivity index is 1.69. The quantitative estimate of drug-likeness (QED) is 0.425. The van der Waals surface area contributed by atoms with Crippen LogP contribution in [0.2, 0.25) is 0 Å². The number of fused-ring (bicyclic) bond motifs is 4. The summed E-state index contributed by atoms with van der Waals surface area (Å²) in [6, 6.07) is 6.39. The van der Waals surface area contributed by atoms with Crippen LogP contribution >= 0.6 is 0 Å². The maximum atomic E-state index is 15.0. The summed E-state index contributed by atoms with van der Waals surface area (Å²) in [5.41, 5.74) is -1.45. The zero-order valence-electron chi connectivity index (χ0n) is 20.6. The molecule has 4 nitrogen and oxygen atoms in total. The van der Waals surface area contributed by atoms with Crippen LogP contribution in [0, 0.1) is 22.0 Å². The van der Waals surface area contributed by atoms with Gasteiger partial charge < -0.3 is 5.11 Å². The van der Waals surface area contributed by atoms with Gasteiger partial charge in [-0.2, -0.15) is 22.0 Å². The van der Waals surface area contributed by atoms with Crippen LogP contribution in [0.15, 0.2) is 52.0 Å². The zero-order chi connectivity index (χ0) is 27.2. The van der Waals surface area contributed by atoms with Crippen LogP contribution in [0.4, 0.5) is 22.0 Å². The number of hydrogen-bond acceptors (Lipinski definition) is 4. The van der Waals surface area contributed by atoms with Crippen molar-refractivity contribution in [1.29, 1.82) is 4.78 Å². The summed E-state index contributed by atoms with van der Waals surface area (Å²) in [5, 5.41) is 11.3. The van der Waals surface area contributed by atoms with Gasteiger partial charge >= 0.3 is 12.1 Å². The van der Waals surface area contributed by atoms with Crippen molar-refractivity contribution in [2.24, 2.45) is 17.3 Å². The van der Waals surface area contributed by atoms with Gasteiger partial charge in [-0.05, 0) is 85.3 Å². The van der Waals surface area contributed by atoms with Gasteiger partial charge in [-0.3, -0.25) is 4.79 Å². The van der Waals surface area contributed by atoms with Gasteiger partial charge in [-0.25, -0.2) is 8.99 Å². The summed E-state index contributed by atoms with van der Waals surface area (Å²) in [6.07, 6.45) is -1.83. The highest BCUT2D eigenvalue weighted by Gasteiger charge is 2.79. The van der Waals surface area contributed by atoms with E-state index in [0.29, 0.717) is 36.1 Å². The van der Waals surface area contributed by atoms with E-state index in [-0.39, 0.29) is 24.5 Å². The average Bonchev–Trinajstić information content (AvgIpc) is 3.09. The summed E-state index contributed by atoms with van der Waals surface area (Å²) in [4.78, 5) is 12.4. The molecular formula is C27H30F5NO3S. The van der Waals surface area contributed by atoms with Crippen LogP contribution < -0.4 is 0 Å². The number of halogens is 5. The van der Waals surface area contributed by atoms with Crippen LogP contribution in [0.5, 0.6) is 0 Å². The predicted octanol–water partition coefficient (Wildman–Crippen LogP) is 6.55. The first-order valence-electron chi connectivity index (χ1n) is 12.5. The van der Waals surface area contributed by atoms with E-state index in [1.54, 1.807) is 18.2 Å². The van der Waals surface area contributed by atoms with Gasteiger partial charge in [0.2, 0.25) is 0 Å². The Morgan fingerprint density at radius 2 is 1.70 bits per heavy atom. The number of allylic oxidation sites excluding steroid dienone is 4. The average molecular weight is 544 g/mol. The largest absolute Gasteiger partial charge is 0.456 e. The molecule has 0 bridgehead atoms. The molecule has 0 spiro atoms. The maximum Gasteiger partial charge on any atom is 0.456 e. The Hall–Kier alpha value is -2.07. The normalized spacial score (nSPS) is 35.8. The molecule has 1 aromatic rings. The number of aliphatic hydroxyl groups is 1. The molecule has 2 saturated carbocycles. The van der Waals surface area contributed by atoms with Crippen molar-refractivity contribution in [3.63, 3.8) is 0 Å². The van der Waals surface area contributed by atoms with E-state index in [9.17, 15) is 36.1 Å². The number of nitrogens with one attached hydrogen (secondary N) is 1. The highest BCUT2D eigenvalue weighted by atomic mass is 32.2. The molecule has 202 valence electrons. The molecule has 0 aliphatic heterocycles. The summed E-state index contributed by atoms with van der Waals surface area (Å²) >= 11 is 0. The van der Waals surface area contributed by atoms with Crippen molar-refractivity contribution >= 4 is 15.5 Å². The fraction of sp³-hybridized carbons (Fsp3) is 0.593. The molecule has 4 aliphatic carbocycles. The number of alkyl halides is 5. The van der Waals surface area contributed by atoms with Crippen molar-refractivity contribution in [2.45, 2.75) is 80.4 Å². The third kappa shape index (κ3) is 3.76. The molecule has 2 fully saturated rings. The molecule has 6 atom stereocenters. The molecule has 0 heterocycles. The van der Waals surface area contributed by atoms with Gasteiger partial charge in [0.25, 0.3) is 0 Å². The van der Waals surface area contributed by atoms with Crippen molar-refractivity contribution < 1.29 is 36.1 Å². The van der Waals surface area contributed by atoms with Crippen LogP contribution in [0.3, 0.4) is 0 Å². The minimum Gasteiger partial charge on any atom is -0.383 e. The van der Waals surface area contributed by atoms with E-state index in [1.807, 2.05) is 0 Å². The van der Waals surface area contributed by atoms with E-state index in [2.05, 4.69) is 0 Å². The van der Waals surface area contributed by atoms with E-state index >= 15 is 0 Å². The molecule has 2 N–H and O–H groups in total. The van der Waals surface area contributed by atoms with E-state index in [4.69, 9.17) is 4.78 Å². The second-order valence-corrected chi connectivity index (χ2v) is 13.5. The van der Waals surface area contributed by atoms with E-state index < -0.39 is 51.1 Å². The third-order valence-electron chi connectivity index (χ3n) is 9.49. The molecular weight excluding hydrogens is 513 g/mol. The molecule has 1 aromatic carbocycles. The van der Waals surface area contributed by atoms with Gasteiger partial charge in [-0.1, -0.05) is 24.6 Å². The first-order valence-corrected chi connectivity index (χ1v) is 14.5. The van der Waals surface area contributed by atoms with Gasteiger partial charge in [0.15, 0.2) is 5.78 Å². The zero-order valence-corrected chi connectivity index (χ0v) is 21.4. The van der Waals surface area contributed by atoms with Crippen LogP contribution in [0.1, 0.15) is 63.4 Å². The molecule has 37 heavy (non-hydrogen) atoms. The Morgan fingerprint density at radius 3 is 2.30 bits per heavy atom. The summed E-state index contributed by atoms with van der Waals surface area (Å²) in [6.45, 7) is 1.38. The van der Waals surface area contributed by atoms with Crippen molar-refractivity contribution in [3.8, 4) is 0 Å². The van der Waals surface area contributed by atoms with Crippen molar-refractivity contribution in [1.82, 2.24) is 0 Å². The summed E-state index contributed by atoms with van der Waals surface area (Å²) < 4.78 is 90.9. The van der Waals surface area contributed by atoms with Crippen molar-refractivity contribution in [2.75, 3.05) is 6.26 Å². The first kappa shape index (κ1) is 26.5.